The second kappa shape index (κ2) is 9.26. The van der Waals surface area contributed by atoms with Crippen molar-refractivity contribution in [2.45, 2.75) is 70.4 Å². The van der Waals surface area contributed by atoms with Gasteiger partial charge in [-0.05, 0) is 12.8 Å². The van der Waals surface area contributed by atoms with Crippen molar-refractivity contribution in [3.05, 3.63) is 44.5 Å². The zero-order chi connectivity index (χ0) is 20.1. The molecule has 3 rings (SSSR count). The van der Waals surface area contributed by atoms with Crippen LogP contribution in [0.3, 0.4) is 0 Å². The van der Waals surface area contributed by atoms with E-state index in [4.69, 9.17) is 4.74 Å². The molecule has 0 saturated carbocycles. The van der Waals surface area contributed by atoms with Crippen LogP contribution in [0, 0.1) is 0 Å². The Hall–Kier alpha value is -2.30. The van der Waals surface area contributed by atoms with Gasteiger partial charge in [0, 0.05) is 18.8 Å². The number of hydrogen-bond acceptors (Lipinski definition) is 7. The first kappa shape index (κ1) is 20.4. The second-order valence-electron chi connectivity index (χ2n) is 7.15. The summed E-state index contributed by atoms with van der Waals surface area (Å²) in [6, 6.07) is 0. The molecule has 154 valence electrons. The van der Waals surface area contributed by atoms with E-state index < -0.39 is 29.7 Å². The van der Waals surface area contributed by atoms with Crippen LogP contribution >= 0.6 is 0 Å². The number of H-pyrrole nitrogens is 1. The lowest BCUT2D eigenvalue weighted by Gasteiger charge is -2.15. The molecule has 1 aliphatic heterocycles. The lowest BCUT2D eigenvalue weighted by atomic mass is 10.1. The summed E-state index contributed by atoms with van der Waals surface area (Å²) in [6.07, 6.45) is 6.40. The molecule has 0 radical (unpaired) electrons. The molecule has 3 atom stereocenters. The van der Waals surface area contributed by atoms with Crippen LogP contribution in [0.2, 0.25) is 0 Å². The van der Waals surface area contributed by atoms with Gasteiger partial charge in [-0.1, -0.05) is 31.4 Å². The first-order chi connectivity index (χ1) is 13.5. The van der Waals surface area contributed by atoms with Crippen molar-refractivity contribution in [3.63, 3.8) is 0 Å². The number of nitrogens with zero attached hydrogens (tertiary/aromatic N) is 4. The molecule has 0 unspecified atom stereocenters. The summed E-state index contributed by atoms with van der Waals surface area (Å²) in [6.45, 7) is 1.98. The lowest BCUT2D eigenvalue weighted by molar-refractivity contribution is -0.0460. The van der Waals surface area contributed by atoms with Crippen LogP contribution in [0.5, 0.6) is 0 Å². The van der Waals surface area contributed by atoms with E-state index in [1.165, 1.54) is 23.6 Å². The third kappa shape index (κ3) is 4.75. The van der Waals surface area contributed by atoms with Gasteiger partial charge in [0.25, 0.3) is 5.56 Å². The molecule has 1 aliphatic rings. The van der Waals surface area contributed by atoms with E-state index in [1.807, 2.05) is 0 Å². The highest BCUT2D eigenvalue weighted by atomic mass is 16.5. The summed E-state index contributed by atoms with van der Waals surface area (Å²) in [7, 11) is 0. The molecule has 10 nitrogen and oxygen atoms in total. The van der Waals surface area contributed by atoms with Crippen LogP contribution in [-0.4, -0.2) is 53.6 Å². The van der Waals surface area contributed by atoms with Crippen LogP contribution in [0.15, 0.2) is 22.0 Å². The Morgan fingerprint density at radius 3 is 2.82 bits per heavy atom. The normalized spacial score (nSPS) is 22.0. The Morgan fingerprint density at radius 2 is 2.11 bits per heavy atom. The molecule has 1 saturated heterocycles. The van der Waals surface area contributed by atoms with Gasteiger partial charge in [-0.2, -0.15) is 0 Å². The number of aliphatic hydroxyl groups excluding tert-OH is 2. The van der Waals surface area contributed by atoms with E-state index in [9.17, 15) is 19.8 Å². The minimum atomic E-state index is -0.872. The Labute approximate surface area is 161 Å². The molecule has 0 spiro atoms. The topological polar surface area (TPSA) is 135 Å². The number of aromatic nitrogens is 5. The molecule has 28 heavy (non-hydrogen) atoms. The fraction of sp³-hybridized carbons (Fsp3) is 0.667. The summed E-state index contributed by atoms with van der Waals surface area (Å²) in [5.41, 5.74) is 0.0692. The maximum absolute atomic E-state index is 12.2. The van der Waals surface area contributed by atoms with Gasteiger partial charge in [-0.25, -0.2) is 9.48 Å². The number of ether oxygens (including phenoxy) is 1. The van der Waals surface area contributed by atoms with Gasteiger partial charge in [-0.15, -0.1) is 5.10 Å². The maximum atomic E-state index is 12.2. The fourth-order valence-electron chi connectivity index (χ4n) is 3.34. The van der Waals surface area contributed by atoms with Gasteiger partial charge in [0.2, 0.25) is 0 Å². The largest absolute Gasteiger partial charge is 0.394 e. The van der Waals surface area contributed by atoms with Crippen molar-refractivity contribution in [2.24, 2.45) is 0 Å². The number of aromatic amines is 1. The van der Waals surface area contributed by atoms with Crippen molar-refractivity contribution in [1.29, 1.82) is 0 Å². The summed E-state index contributed by atoms with van der Waals surface area (Å²) in [4.78, 5) is 26.6. The number of aliphatic hydroxyl groups is 2. The second-order valence-corrected chi connectivity index (χ2v) is 7.15. The third-order valence-corrected chi connectivity index (χ3v) is 4.94. The Balaban J connectivity index is 1.72. The molecule has 3 N–H and O–H groups in total. The predicted octanol–water partition coefficient (Wildman–Crippen LogP) is -0.0601. The zero-order valence-electron chi connectivity index (χ0n) is 16.0. The SMILES string of the molecule is CCCCCCc1cn(Cc2cn([C@H]3C[C@H](O)[C@@H](CO)O3)c(=O)[nH]c2=O)nn1. The summed E-state index contributed by atoms with van der Waals surface area (Å²) in [5, 5.41) is 27.3. The molecule has 0 aromatic carbocycles. The van der Waals surface area contributed by atoms with Crippen molar-refractivity contribution in [2.75, 3.05) is 6.61 Å². The van der Waals surface area contributed by atoms with Gasteiger partial charge in [0.1, 0.15) is 12.3 Å². The van der Waals surface area contributed by atoms with Crippen molar-refractivity contribution >= 4 is 0 Å². The molecule has 1 fully saturated rings. The van der Waals surface area contributed by atoms with Crippen LogP contribution < -0.4 is 11.2 Å². The molecule has 10 heteroatoms. The van der Waals surface area contributed by atoms with Crippen molar-refractivity contribution in [1.82, 2.24) is 24.5 Å². The number of nitrogens with one attached hydrogen (secondary N) is 1. The van der Waals surface area contributed by atoms with E-state index in [-0.39, 0.29) is 19.6 Å². The lowest BCUT2D eigenvalue weighted by Crippen LogP contribution is -2.34. The van der Waals surface area contributed by atoms with Gasteiger partial charge in [0.05, 0.1) is 30.5 Å². The molecule has 2 aromatic heterocycles. The van der Waals surface area contributed by atoms with Gasteiger partial charge in [-0.3, -0.25) is 14.3 Å². The highest BCUT2D eigenvalue weighted by molar-refractivity contribution is 5.07. The minimum Gasteiger partial charge on any atom is -0.394 e. The average molecular weight is 393 g/mol. The van der Waals surface area contributed by atoms with E-state index in [1.54, 1.807) is 10.9 Å². The van der Waals surface area contributed by atoms with Gasteiger partial charge in [0.15, 0.2) is 0 Å². The molecule has 2 aromatic rings. The van der Waals surface area contributed by atoms with Crippen LogP contribution in [0.25, 0.3) is 0 Å². The smallest absolute Gasteiger partial charge is 0.330 e. The fourth-order valence-corrected chi connectivity index (χ4v) is 3.34. The average Bonchev–Trinajstić information content (AvgIpc) is 3.27. The van der Waals surface area contributed by atoms with Crippen LogP contribution in [0.4, 0.5) is 0 Å². The first-order valence-electron chi connectivity index (χ1n) is 9.69. The number of aryl methyl sites for hydroxylation is 1. The minimum absolute atomic E-state index is 0.155. The summed E-state index contributed by atoms with van der Waals surface area (Å²) in [5.74, 6) is 0. The monoisotopic (exact) mass is 393 g/mol. The maximum Gasteiger partial charge on any atom is 0.330 e. The van der Waals surface area contributed by atoms with E-state index >= 15 is 0 Å². The zero-order valence-corrected chi connectivity index (χ0v) is 16.0. The van der Waals surface area contributed by atoms with Gasteiger partial charge < -0.3 is 14.9 Å². The van der Waals surface area contributed by atoms with Crippen LogP contribution in [-0.2, 0) is 17.7 Å². The predicted molar refractivity (Wildman–Crippen MR) is 99.9 cm³/mol. The van der Waals surface area contributed by atoms with E-state index in [2.05, 4.69) is 22.2 Å². The molecule has 3 heterocycles. The molecule has 0 bridgehead atoms. The summed E-state index contributed by atoms with van der Waals surface area (Å²) >= 11 is 0. The molecule has 0 aliphatic carbocycles. The van der Waals surface area contributed by atoms with Crippen LogP contribution in [0.1, 0.15) is 56.5 Å². The van der Waals surface area contributed by atoms with Gasteiger partial charge >= 0.3 is 5.69 Å². The van der Waals surface area contributed by atoms with E-state index in [0.717, 1.165) is 25.0 Å². The first-order valence-corrected chi connectivity index (χ1v) is 9.69. The Bertz CT molecular complexity index is 889. The van der Waals surface area contributed by atoms with E-state index in [0.29, 0.717) is 5.56 Å². The number of hydrogen-bond donors (Lipinski definition) is 3. The highest BCUT2D eigenvalue weighted by Gasteiger charge is 2.35. The quantitative estimate of drug-likeness (QED) is 0.508. The molecular formula is C18H27N5O5. The third-order valence-electron chi connectivity index (χ3n) is 4.94. The van der Waals surface area contributed by atoms with Crippen molar-refractivity contribution < 1.29 is 14.9 Å². The standard InChI is InChI=1S/C18H27N5O5/c1-2-3-4-5-6-13-10-22(21-20-13)8-12-9-23(18(27)19-17(12)26)16-7-14(25)15(11-24)28-16/h9-10,14-16,24-25H,2-8,11H2,1H3,(H,19,26,27)/t14-,15+,16+/m0/s1. The number of rotatable bonds is 9. The summed E-state index contributed by atoms with van der Waals surface area (Å²) < 4.78 is 8.31. The molecule has 0 amide bonds. The molecular weight excluding hydrogens is 366 g/mol. The Kier molecular flexibility index (Phi) is 6.76. The number of unbranched alkanes of at least 4 members (excludes halogenated alkanes) is 3. The highest BCUT2D eigenvalue weighted by Crippen LogP contribution is 2.27. The Morgan fingerprint density at radius 1 is 1.29 bits per heavy atom. The van der Waals surface area contributed by atoms with Crippen molar-refractivity contribution in [3.8, 4) is 0 Å².